The SMILES string of the molecule is CCCCOc1ccc(C(=O)Nc2[nH]ncc2CC)cc1. The monoisotopic (exact) mass is 287 g/mol. The lowest BCUT2D eigenvalue weighted by Gasteiger charge is -2.07. The maximum Gasteiger partial charge on any atom is 0.256 e. The van der Waals surface area contributed by atoms with E-state index in [9.17, 15) is 4.79 Å². The van der Waals surface area contributed by atoms with Gasteiger partial charge in [-0.15, -0.1) is 0 Å². The van der Waals surface area contributed by atoms with Gasteiger partial charge in [0.05, 0.1) is 12.8 Å². The molecular formula is C16H21N3O2. The number of hydrogen-bond acceptors (Lipinski definition) is 3. The van der Waals surface area contributed by atoms with Crippen LogP contribution < -0.4 is 10.1 Å². The average molecular weight is 287 g/mol. The number of nitrogens with one attached hydrogen (secondary N) is 2. The van der Waals surface area contributed by atoms with Crippen molar-refractivity contribution in [3.05, 3.63) is 41.6 Å². The predicted octanol–water partition coefficient (Wildman–Crippen LogP) is 3.40. The first-order valence-corrected chi connectivity index (χ1v) is 7.31. The van der Waals surface area contributed by atoms with Gasteiger partial charge in [-0.2, -0.15) is 5.10 Å². The number of anilines is 1. The first-order chi connectivity index (χ1) is 10.2. The van der Waals surface area contributed by atoms with Crippen molar-refractivity contribution in [2.24, 2.45) is 0 Å². The van der Waals surface area contributed by atoms with Gasteiger partial charge in [-0.3, -0.25) is 9.89 Å². The van der Waals surface area contributed by atoms with E-state index in [-0.39, 0.29) is 5.91 Å². The van der Waals surface area contributed by atoms with E-state index in [0.717, 1.165) is 30.6 Å². The molecule has 1 aromatic heterocycles. The minimum Gasteiger partial charge on any atom is -0.494 e. The summed E-state index contributed by atoms with van der Waals surface area (Å²) in [6.07, 6.45) is 4.67. The van der Waals surface area contributed by atoms with Crippen LogP contribution in [0.15, 0.2) is 30.5 Å². The summed E-state index contributed by atoms with van der Waals surface area (Å²) in [6.45, 7) is 4.84. The fourth-order valence-electron chi connectivity index (χ4n) is 1.91. The summed E-state index contributed by atoms with van der Waals surface area (Å²) in [7, 11) is 0. The van der Waals surface area contributed by atoms with E-state index in [0.29, 0.717) is 18.0 Å². The van der Waals surface area contributed by atoms with Crippen molar-refractivity contribution < 1.29 is 9.53 Å². The molecule has 21 heavy (non-hydrogen) atoms. The maximum absolute atomic E-state index is 12.2. The Balaban J connectivity index is 1.96. The van der Waals surface area contributed by atoms with Crippen molar-refractivity contribution >= 4 is 11.7 Å². The Hall–Kier alpha value is -2.30. The molecule has 0 radical (unpaired) electrons. The molecule has 2 rings (SSSR count). The summed E-state index contributed by atoms with van der Waals surface area (Å²) < 4.78 is 5.58. The maximum atomic E-state index is 12.2. The quantitative estimate of drug-likeness (QED) is 0.767. The lowest BCUT2D eigenvalue weighted by atomic mass is 10.2. The summed E-state index contributed by atoms with van der Waals surface area (Å²) in [6, 6.07) is 7.16. The first kappa shape index (κ1) is 15.1. The largest absolute Gasteiger partial charge is 0.494 e. The van der Waals surface area contributed by atoms with Crippen molar-refractivity contribution in [1.82, 2.24) is 10.2 Å². The molecule has 1 amide bonds. The van der Waals surface area contributed by atoms with Crippen molar-refractivity contribution in [2.45, 2.75) is 33.1 Å². The number of amides is 1. The van der Waals surface area contributed by atoms with Gasteiger partial charge in [-0.05, 0) is 37.1 Å². The number of aromatic nitrogens is 2. The van der Waals surface area contributed by atoms with E-state index in [4.69, 9.17) is 4.74 Å². The zero-order chi connectivity index (χ0) is 15.1. The van der Waals surface area contributed by atoms with E-state index in [1.807, 2.05) is 19.1 Å². The van der Waals surface area contributed by atoms with Crippen LogP contribution in [0.1, 0.15) is 42.6 Å². The van der Waals surface area contributed by atoms with Crippen LogP contribution in [0.25, 0.3) is 0 Å². The second-order valence-electron chi connectivity index (χ2n) is 4.80. The van der Waals surface area contributed by atoms with E-state index < -0.39 is 0 Å². The van der Waals surface area contributed by atoms with Crippen LogP contribution in [0.3, 0.4) is 0 Å². The summed E-state index contributed by atoms with van der Waals surface area (Å²) in [5.41, 5.74) is 1.58. The summed E-state index contributed by atoms with van der Waals surface area (Å²) in [5, 5.41) is 9.56. The number of aryl methyl sites for hydroxylation is 1. The molecule has 0 aliphatic carbocycles. The molecule has 0 atom stereocenters. The third kappa shape index (κ3) is 4.08. The van der Waals surface area contributed by atoms with Gasteiger partial charge in [0.1, 0.15) is 11.6 Å². The van der Waals surface area contributed by atoms with Crippen LogP contribution in [-0.2, 0) is 6.42 Å². The zero-order valence-electron chi connectivity index (χ0n) is 12.5. The molecule has 0 saturated carbocycles. The van der Waals surface area contributed by atoms with Crippen LogP contribution in [0.2, 0.25) is 0 Å². The molecule has 1 heterocycles. The Morgan fingerprint density at radius 3 is 2.71 bits per heavy atom. The Morgan fingerprint density at radius 2 is 2.05 bits per heavy atom. The molecule has 0 fully saturated rings. The Bertz CT molecular complexity index is 575. The average Bonchev–Trinajstić information content (AvgIpc) is 2.95. The molecule has 0 spiro atoms. The predicted molar refractivity (Wildman–Crippen MR) is 82.8 cm³/mol. The molecule has 0 aliphatic heterocycles. The van der Waals surface area contributed by atoms with Gasteiger partial charge >= 0.3 is 0 Å². The third-order valence-corrected chi connectivity index (χ3v) is 3.22. The Morgan fingerprint density at radius 1 is 1.29 bits per heavy atom. The van der Waals surface area contributed by atoms with Crippen molar-refractivity contribution in [3.8, 4) is 5.75 Å². The van der Waals surface area contributed by atoms with E-state index in [2.05, 4.69) is 22.4 Å². The third-order valence-electron chi connectivity index (χ3n) is 3.22. The van der Waals surface area contributed by atoms with Crippen molar-refractivity contribution in [1.29, 1.82) is 0 Å². The van der Waals surface area contributed by atoms with Crippen LogP contribution in [-0.4, -0.2) is 22.7 Å². The number of carbonyl (C=O) groups excluding carboxylic acids is 1. The number of rotatable bonds is 7. The topological polar surface area (TPSA) is 67.0 Å². The molecule has 5 heteroatoms. The summed E-state index contributed by atoms with van der Waals surface area (Å²) >= 11 is 0. The fourth-order valence-corrected chi connectivity index (χ4v) is 1.91. The smallest absolute Gasteiger partial charge is 0.256 e. The second kappa shape index (κ2) is 7.47. The van der Waals surface area contributed by atoms with Crippen molar-refractivity contribution in [3.63, 3.8) is 0 Å². The van der Waals surface area contributed by atoms with Crippen LogP contribution in [0.4, 0.5) is 5.82 Å². The highest BCUT2D eigenvalue weighted by molar-refractivity contribution is 6.04. The first-order valence-electron chi connectivity index (χ1n) is 7.31. The number of nitrogens with zero attached hydrogens (tertiary/aromatic N) is 1. The van der Waals surface area contributed by atoms with E-state index >= 15 is 0 Å². The number of H-pyrrole nitrogens is 1. The number of ether oxygens (including phenoxy) is 1. The molecule has 0 saturated heterocycles. The van der Waals surface area contributed by atoms with Gasteiger partial charge in [-0.1, -0.05) is 20.3 Å². The molecule has 5 nitrogen and oxygen atoms in total. The number of unbranched alkanes of at least 4 members (excludes halogenated alkanes) is 1. The lowest BCUT2D eigenvalue weighted by molar-refractivity contribution is 0.102. The van der Waals surface area contributed by atoms with Gasteiger partial charge in [-0.25, -0.2) is 0 Å². The zero-order valence-corrected chi connectivity index (χ0v) is 12.5. The standard InChI is InChI=1S/C16H21N3O2/c1-3-5-10-21-14-8-6-13(7-9-14)16(20)18-15-12(4-2)11-17-19-15/h6-9,11H,3-5,10H2,1-2H3,(H2,17,18,19,20). The minimum atomic E-state index is -0.158. The van der Waals surface area contributed by atoms with Gasteiger partial charge in [0.2, 0.25) is 0 Å². The Kier molecular flexibility index (Phi) is 5.37. The highest BCUT2D eigenvalue weighted by atomic mass is 16.5. The molecule has 2 aromatic rings. The van der Waals surface area contributed by atoms with Gasteiger partial charge in [0.25, 0.3) is 5.91 Å². The lowest BCUT2D eigenvalue weighted by Crippen LogP contribution is -2.13. The number of carbonyl (C=O) groups is 1. The number of hydrogen-bond donors (Lipinski definition) is 2. The Labute approximate surface area is 124 Å². The van der Waals surface area contributed by atoms with Crippen molar-refractivity contribution in [2.75, 3.05) is 11.9 Å². The molecule has 0 aliphatic rings. The second-order valence-corrected chi connectivity index (χ2v) is 4.80. The van der Waals surface area contributed by atoms with E-state index in [1.54, 1.807) is 18.3 Å². The normalized spacial score (nSPS) is 10.4. The minimum absolute atomic E-state index is 0.158. The number of aromatic amines is 1. The molecule has 0 unspecified atom stereocenters. The molecule has 2 N–H and O–H groups in total. The summed E-state index contributed by atoms with van der Waals surface area (Å²) in [5.74, 6) is 1.29. The molecule has 112 valence electrons. The van der Waals surface area contributed by atoms with Crippen LogP contribution in [0, 0.1) is 0 Å². The molecule has 1 aromatic carbocycles. The molecule has 0 bridgehead atoms. The fraction of sp³-hybridized carbons (Fsp3) is 0.375. The van der Waals surface area contributed by atoms with Gasteiger partial charge in [0, 0.05) is 11.1 Å². The van der Waals surface area contributed by atoms with Gasteiger partial charge in [0.15, 0.2) is 0 Å². The highest BCUT2D eigenvalue weighted by Gasteiger charge is 2.10. The molecular weight excluding hydrogens is 266 g/mol. The highest BCUT2D eigenvalue weighted by Crippen LogP contribution is 2.16. The van der Waals surface area contributed by atoms with Crippen LogP contribution in [0.5, 0.6) is 5.75 Å². The number of benzene rings is 1. The summed E-state index contributed by atoms with van der Waals surface area (Å²) in [4.78, 5) is 12.2. The van der Waals surface area contributed by atoms with E-state index in [1.165, 1.54) is 0 Å². The van der Waals surface area contributed by atoms with Gasteiger partial charge < -0.3 is 10.1 Å². The van der Waals surface area contributed by atoms with Crippen LogP contribution >= 0.6 is 0 Å².